The molecule has 0 fully saturated rings. The van der Waals surface area contributed by atoms with Crippen LogP contribution in [-0.2, 0) is 14.3 Å². The van der Waals surface area contributed by atoms with Crippen LogP contribution in [0.25, 0.3) is 0 Å². The highest BCUT2D eigenvalue weighted by Crippen LogP contribution is 2.11. The number of rotatable bonds is 9. The standard InChI is InChI=1S/C18H25NO4/c1-4-14(2)19(13-12-18(22)23-3)17(21)11-10-16(20)15-8-6-5-7-9-15/h5-9,14H,4,10-13H2,1-3H3. The van der Waals surface area contributed by atoms with E-state index in [1.165, 1.54) is 7.11 Å². The number of esters is 1. The van der Waals surface area contributed by atoms with Crippen LogP contribution < -0.4 is 0 Å². The summed E-state index contributed by atoms with van der Waals surface area (Å²) in [5.74, 6) is -0.491. The van der Waals surface area contributed by atoms with Gasteiger partial charge in [-0.1, -0.05) is 37.3 Å². The van der Waals surface area contributed by atoms with Crippen LogP contribution in [0.1, 0.15) is 49.9 Å². The van der Waals surface area contributed by atoms with Gasteiger partial charge in [0.2, 0.25) is 5.91 Å². The van der Waals surface area contributed by atoms with Crippen LogP contribution >= 0.6 is 0 Å². The topological polar surface area (TPSA) is 63.7 Å². The molecule has 0 saturated carbocycles. The van der Waals surface area contributed by atoms with Gasteiger partial charge >= 0.3 is 5.97 Å². The van der Waals surface area contributed by atoms with Gasteiger partial charge in [0.15, 0.2) is 5.78 Å². The van der Waals surface area contributed by atoms with E-state index in [1.807, 2.05) is 19.9 Å². The molecular formula is C18H25NO4. The van der Waals surface area contributed by atoms with Crippen molar-refractivity contribution in [1.82, 2.24) is 4.90 Å². The van der Waals surface area contributed by atoms with E-state index < -0.39 is 0 Å². The van der Waals surface area contributed by atoms with Crippen LogP contribution in [0.2, 0.25) is 0 Å². The molecule has 0 bridgehead atoms. The Kier molecular flexibility index (Phi) is 8.02. The largest absolute Gasteiger partial charge is 0.469 e. The molecule has 0 aliphatic carbocycles. The summed E-state index contributed by atoms with van der Waals surface area (Å²) in [7, 11) is 1.33. The van der Waals surface area contributed by atoms with Crippen molar-refractivity contribution >= 4 is 17.7 Å². The summed E-state index contributed by atoms with van der Waals surface area (Å²) < 4.78 is 4.62. The van der Waals surface area contributed by atoms with Gasteiger partial charge < -0.3 is 9.64 Å². The van der Waals surface area contributed by atoms with E-state index in [4.69, 9.17) is 0 Å². The average molecular weight is 319 g/mol. The maximum absolute atomic E-state index is 12.4. The number of hydrogen-bond acceptors (Lipinski definition) is 4. The molecule has 1 aromatic rings. The number of benzene rings is 1. The van der Waals surface area contributed by atoms with Crippen LogP contribution in [0.3, 0.4) is 0 Å². The Morgan fingerprint density at radius 3 is 2.30 bits per heavy atom. The average Bonchev–Trinajstić information content (AvgIpc) is 2.59. The smallest absolute Gasteiger partial charge is 0.307 e. The minimum absolute atomic E-state index is 0.0268. The third kappa shape index (κ3) is 6.22. The fourth-order valence-electron chi connectivity index (χ4n) is 2.26. The first-order valence-corrected chi connectivity index (χ1v) is 7.94. The van der Waals surface area contributed by atoms with Gasteiger partial charge in [0.1, 0.15) is 0 Å². The summed E-state index contributed by atoms with van der Waals surface area (Å²) in [6, 6.07) is 8.97. The fraction of sp³-hybridized carbons (Fsp3) is 0.500. The van der Waals surface area contributed by atoms with Gasteiger partial charge in [0.05, 0.1) is 13.5 Å². The number of nitrogens with zero attached hydrogens (tertiary/aromatic N) is 1. The van der Waals surface area contributed by atoms with E-state index >= 15 is 0 Å². The summed E-state index contributed by atoms with van der Waals surface area (Å²) in [5.41, 5.74) is 0.616. The van der Waals surface area contributed by atoms with E-state index in [1.54, 1.807) is 29.2 Å². The Balaban J connectivity index is 2.59. The molecule has 0 aliphatic rings. The molecule has 0 aromatic heterocycles. The van der Waals surface area contributed by atoms with Crippen LogP contribution in [-0.4, -0.2) is 42.3 Å². The maximum Gasteiger partial charge on any atom is 0.307 e. The third-order valence-corrected chi connectivity index (χ3v) is 3.89. The number of hydrogen-bond donors (Lipinski definition) is 0. The van der Waals surface area contributed by atoms with E-state index in [0.29, 0.717) is 12.1 Å². The van der Waals surface area contributed by atoms with Crippen molar-refractivity contribution in [3.8, 4) is 0 Å². The van der Waals surface area contributed by atoms with Gasteiger partial charge in [-0.25, -0.2) is 0 Å². The first kappa shape index (κ1) is 18.9. The van der Waals surface area contributed by atoms with Crippen molar-refractivity contribution in [1.29, 1.82) is 0 Å². The highest BCUT2D eigenvalue weighted by molar-refractivity contribution is 5.97. The van der Waals surface area contributed by atoms with E-state index in [-0.39, 0.29) is 43.0 Å². The predicted octanol–water partition coefficient (Wildman–Crippen LogP) is 2.84. The Labute approximate surface area is 137 Å². The number of methoxy groups -OCH3 is 1. The van der Waals surface area contributed by atoms with Gasteiger partial charge in [-0.05, 0) is 13.3 Å². The number of carbonyl (C=O) groups is 3. The van der Waals surface area contributed by atoms with Crippen molar-refractivity contribution < 1.29 is 19.1 Å². The van der Waals surface area contributed by atoms with Gasteiger partial charge in [-0.2, -0.15) is 0 Å². The molecule has 23 heavy (non-hydrogen) atoms. The summed E-state index contributed by atoms with van der Waals surface area (Å²) in [4.78, 5) is 37.4. The first-order valence-electron chi connectivity index (χ1n) is 7.94. The lowest BCUT2D eigenvalue weighted by Crippen LogP contribution is -2.40. The molecule has 1 unspecified atom stereocenters. The third-order valence-electron chi connectivity index (χ3n) is 3.89. The van der Waals surface area contributed by atoms with Crippen molar-refractivity contribution in [3.63, 3.8) is 0 Å². The number of amides is 1. The summed E-state index contributed by atoms with van der Waals surface area (Å²) >= 11 is 0. The second-order valence-electron chi connectivity index (χ2n) is 5.46. The van der Waals surface area contributed by atoms with Gasteiger partial charge in [0.25, 0.3) is 0 Å². The maximum atomic E-state index is 12.4. The van der Waals surface area contributed by atoms with Crippen molar-refractivity contribution in [3.05, 3.63) is 35.9 Å². The summed E-state index contributed by atoms with van der Waals surface area (Å²) in [6.45, 7) is 4.24. The molecule has 0 saturated heterocycles. The van der Waals surface area contributed by atoms with Gasteiger partial charge in [0, 0.05) is 31.0 Å². The number of carbonyl (C=O) groups excluding carboxylic acids is 3. The SMILES string of the molecule is CCC(C)N(CCC(=O)OC)C(=O)CCC(=O)c1ccccc1. The molecule has 0 aliphatic heterocycles. The molecule has 1 atom stereocenters. The van der Waals surface area contributed by atoms with Crippen molar-refractivity contribution in [2.24, 2.45) is 0 Å². The number of Topliss-reactive ketones (excluding diaryl/α,β-unsaturated/α-hetero) is 1. The lowest BCUT2D eigenvalue weighted by atomic mass is 10.1. The molecule has 1 amide bonds. The molecule has 1 aromatic carbocycles. The lowest BCUT2D eigenvalue weighted by Gasteiger charge is -2.28. The second-order valence-corrected chi connectivity index (χ2v) is 5.46. The lowest BCUT2D eigenvalue weighted by molar-refractivity contribution is -0.142. The van der Waals surface area contributed by atoms with Crippen molar-refractivity contribution in [2.75, 3.05) is 13.7 Å². The zero-order chi connectivity index (χ0) is 17.2. The zero-order valence-electron chi connectivity index (χ0n) is 14.1. The van der Waals surface area contributed by atoms with Crippen LogP contribution in [0.5, 0.6) is 0 Å². The van der Waals surface area contributed by atoms with Gasteiger partial charge in [-0.15, -0.1) is 0 Å². The first-order chi connectivity index (χ1) is 11.0. The highest BCUT2D eigenvalue weighted by Gasteiger charge is 2.20. The molecule has 0 N–H and O–H groups in total. The fourth-order valence-corrected chi connectivity index (χ4v) is 2.26. The Morgan fingerprint density at radius 1 is 1.09 bits per heavy atom. The summed E-state index contributed by atoms with van der Waals surface area (Å²) in [5, 5.41) is 0. The molecule has 0 spiro atoms. The molecule has 1 rings (SSSR count). The van der Waals surface area contributed by atoms with Crippen LogP contribution in [0.15, 0.2) is 30.3 Å². The van der Waals surface area contributed by atoms with E-state index in [0.717, 1.165) is 6.42 Å². The Bertz CT molecular complexity index is 527. The summed E-state index contributed by atoms with van der Waals surface area (Å²) in [6.07, 6.45) is 1.28. The molecule has 0 heterocycles. The van der Waals surface area contributed by atoms with Crippen LogP contribution in [0, 0.1) is 0 Å². The quantitative estimate of drug-likeness (QED) is 0.518. The minimum atomic E-state index is -0.341. The van der Waals surface area contributed by atoms with E-state index in [9.17, 15) is 14.4 Å². The highest BCUT2D eigenvalue weighted by atomic mass is 16.5. The number of ketones is 1. The molecule has 126 valence electrons. The predicted molar refractivity (Wildman–Crippen MR) is 88.1 cm³/mol. The Morgan fingerprint density at radius 2 is 1.74 bits per heavy atom. The van der Waals surface area contributed by atoms with Crippen LogP contribution in [0.4, 0.5) is 0 Å². The number of ether oxygens (including phenoxy) is 1. The molecule has 5 nitrogen and oxygen atoms in total. The second kappa shape index (κ2) is 9.77. The van der Waals surface area contributed by atoms with Crippen molar-refractivity contribution in [2.45, 2.75) is 45.6 Å². The zero-order valence-corrected chi connectivity index (χ0v) is 14.1. The normalized spacial score (nSPS) is 11.6. The Hall–Kier alpha value is -2.17. The molecule has 5 heteroatoms. The molecular weight excluding hydrogens is 294 g/mol. The minimum Gasteiger partial charge on any atom is -0.469 e. The molecule has 0 radical (unpaired) electrons. The monoisotopic (exact) mass is 319 g/mol. The van der Waals surface area contributed by atoms with E-state index in [2.05, 4.69) is 4.74 Å². The van der Waals surface area contributed by atoms with Gasteiger partial charge in [-0.3, -0.25) is 14.4 Å².